The Balaban J connectivity index is 3.45. The summed E-state index contributed by atoms with van der Waals surface area (Å²) in [5.41, 5.74) is -0.373. The lowest BCUT2D eigenvalue weighted by Crippen LogP contribution is -1.99. The molecular formula is C9H11FO4. The van der Waals surface area contributed by atoms with Crippen LogP contribution in [-0.4, -0.2) is 22.4 Å². The highest BCUT2D eigenvalue weighted by molar-refractivity contribution is 5.51. The maximum absolute atomic E-state index is 13.4. The van der Waals surface area contributed by atoms with Crippen LogP contribution in [0.1, 0.15) is 18.6 Å². The second-order valence-corrected chi connectivity index (χ2v) is 2.85. The number of hydrogen-bond donors (Lipinski definition) is 3. The van der Waals surface area contributed by atoms with Crippen LogP contribution in [0.4, 0.5) is 4.39 Å². The number of ether oxygens (including phenoxy) is 1. The summed E-state index contributed by atoms with van der Waals surface area (Å²) in [6, 6.07) is 0.941. The van der Waals surface area contributed by atoms with Crippen molar-refractivity contribution >= 4 is 0 Å². The molecule has 1 aromatic rings. The molecule has 0 fully saturated rings. The Bertz CT molecular complexity index is 349. The maximum Gasteiger partial charge on any atom is 0.174 e. The van der Waals surface area contributed by atoms with Gasteiger partial charge in [-0.2, -0.15) is 0 Å². The first-order valence-corrected chi connectivity index (χ1v) is 3.95. The zero-order valence-electron chi connectivity index (χ0n) is 7.78. The molecule has 0 aromatic heterocycles. The first kappa shape index (κ1) is 10.6. The van der Waals surface area contributed by atoms with Crippen molar-refractivity contribution in [3.8, 4) is 17.2 Å². The predicted octanol–water partition coefficient (Wildman–Crippen LogP) is 1.30. The Labute approximate surface area is 80.2 Å². The van der Waals surface area contributed by atoms with Gasteiger partial charge in [0.15, 0.2) is 23.1 Å². The van der Waals surface area contributed by atoms with E-state index in [1.807, 2.05) is 0 Å². The SMILES string of the molecule is COc1cc(O)c(O)c(C(C)O)c1F. The first-order chi connectivity index (χ1) is 6.49. The lowest BCUT2D eigenvalue weighted by atomic mass is 10.1. The van der Waals surface area contributed by atoms with Crippen molar-refractivity contribution in [2.45, 2.75) is 13.0 Å². The summed E-state index contributed by atoms with van der Waals surface area (Å²) < 4.78 is 18.0. The van der Waals surface area contributed by atoms with E-state index in [1.165, 1.54) is 14.0 Å². The highest BCUT2D eigenvalue weighted by Gasteiger charge is 2.21. The molecule has 0 amide bonds. The quantitative estimate of drug-likeness (QED) is 0.632. The highest BCUT2D eigenvalue weighted by atomic mass is 19.1. The van der Waals surface area contributed by atoms with E-state index in [2.05, 4.69) is 4.74 Å². The minimum atomic E-state index is -1.23. The lowest BCUT2D eigenvalue weighted by Gasteiger charge is -2.12. The van der Waals surface area contributed by atoms with Gasteiger partial charge < -0.3 is 20.1 Å². The summed E-state index contributed by atoms with van der Waals surface area (Å²) in [6.45, 7) is 1.27. The van der Waals surface area contributed by atoms with Crippen molar-refractivity contribution in [3.05, 3.63) is 17.4 Å². The second kappa shape index (κ2) is 3.71. The summed E-state index contributed by atoms with van der Waals surface area (Å²) in [5.74, 6) is -2.30. The maximum atomic E-state index is 13.4. The third-order valence-electron chi connectivity index (χ3n) is 1.86. The third kappa shape index (κ3) is 1.58. The van der Waals surface area contributed by atoms with Crippen LogP contribution < -0.4 is 4.74 Å². The molecule has 0 saturated carbocycles. The van der Waals surface area contributed by atoms with Crippen LogP contribution in [0.5, 0.6) is 17.2 Å². The summed E-state index contributed by atoms with van der Waals surface area (Å²) in [7, 11) is 1.22. The molecule has 4 nitrogen and oxygen atoms in total. The molecule has 0 bridgehead atoms. The number of phenols is 2. The van der Waals surface area contributed by atoms with Gasteiger partial charge in [0.05, 0.1) is 18.8 Å². The smallest absolute Gasteiger partial charge is 0.174 e. The number of aromatic hydroxyl groups is 2. The van der Waals surface area contributed by atoms with Crippen LogP contribution >= 0.6 is 0 Å². The fourth-order valence-corrected chi connectivity index (χ4v) is 1.16. The lowest BCUT2D eigenvalue weighted by molar-refractivity contribution is 0.186. The number of aliphatic hydroxyl groups is 1. The number of rotatable bonds is 2. The van der Waals surface area contributed by atoms with Gasteiger partial charge in [-0.25, -0.2) is 4.39 Å². The van der Waals surface area contributed by atoms with Crippen molar-refractivity contribution in [2.75, 3.05) is 7.11 Å². The van der Waals surface area contributed by atoms with E-state index < -0.39 is 23.4 Å². The number of halogens is 1. The fourth-order valence-electron chi connectivity index (χ4n) is 1.16. The number of phenolic OH excluding ortho intramolecular Hbond substituents is 2. The predicted molar refractivity (Wildman–Crippen MR) is 46.9 cm³/mol. The molecule has 0 heterocycles. The van der Waals surface area contributed by atoms with Crippen molar-refractivity contribution in [3.63, 3.8) is 0 Å². The average molecular weight is 202 g/mol. The summed E-state index contributed by atoms with van der Waals surface area (Å²) in [4.78, 5) is 0. The summed E-state index contributed by atoms with van der Waals surface area (Å²) >= 11 is 0. The van der Waals surface area contributed by atoms with Gasteiger partial charge in [-0.1, -0.05) is 0 Å². The first-order valence-electron chi connectivity index (χ1n) is 3.95. The van der Waals surface area contributed by atoms with Crippen LogP contribution in [0.25, 0.3) is 0 Å². The zero-order chi connectivity index (χ0) is 10.9. The Morgan fingerprint density at radius 1 is 1.43 bits per heavy atom. The molecule has 5 heteroatoms. The van der Waals surface area contributed by atoms with Crippen molar-refractivity contribution in [2.24, 2.45) is 0 Å². The number of benzene rings is 1. The molecule has 0 saturated heterocycles. The molecule has 0 aliphatic heterocycles. The zero-order valence-corrected chi connectivity index (χ0v) is 7.78. The van der Waals surface area contributed by atoms with E-state index in [0.717, 1.165) is 6.07 Å². The van der Waals surface area contributed by atoms with E-state index in [-0.39, 0.29) is 11.3 Å². The Morgan fingerprint density at radius 2 is 2.00 bits per heavy atom. The van der Waals surface area contributed by atoms with Gasteiger partial charge in [0.1, 0.15) is 0 Å². The van der Waals surface area contributed by atoms with Crippen molar-refractivity contribution in [1.29, 1.82) is 0 Å². The molecule has 3 N–H and O–H groups in total. The van der Waals surface area contributed by atoms with Gasteiger partial charge in [-0.15, -0.1) is 0 Å². The Hall–Kier alpha value is -1.49. The van der Waals surface area contributed by atoms with E-state index in [9.17, 15) is 14.6 Å². The van der Waals surface area contributed by atoms with Crippen molar-refractivity contribution in [1.82, 2.24) is 0 Å². The van der Waals surface area contributed by atoms with E-state index in [4.69, 9.17) is 5.11 Å². The van der Waals surface area contributed by atoms with Gasteiger partial charge >= 0.3 is 0 Å². The minimum absolute atomic E-state index is 0.226. The van der Waals surface area contributed by atoms with Crippen LogP contribution in [-0.2, 0) is 0 Å². The third-order valence-corrected chi connectivity index (χ3v) is 1.86. The monoisotopic (exact) mass is 202 g/mol. The molecule has 14 heavy (non-hydrogen) atoms. The normalized spacial score (nSPS) is 12.6. The molecule has 0 aliphatic carbocycles. The number of methoxy groups -OCH3 is 1. The molecule has 1 unspecified atom stereocenters. The largest absolute Gasteiger partial charge is 0.504 e. The van der Waals surface area contributed by atoms with Crippen molar-refractivity contribution < 1.29 is 24.4 Å². The minimum Gasteiger partial charge on any atom is -0.504 e. The van der Waals surface area contributed by atoms with E-state index in [0.29, 0.717) is 0 Å². The Kier molecular flexibility index (Phi) is 2.81. The van der Waals surface area contributed by atoms with Crippen LogP contribution in [0.15, 0.2) is 6.07 Å². The molecule has 1 atom stereocenters. The van der Waals surface area contributed by atoms with Crippen LogP contribution in [0.3, 0.4) is 0 Å². The standard InChI is InChI=1S/C9H11FO4/c1-4(11)7-8(10)6(14-2)3-5(12)9(7)13/h3-4,11-13H,1-2H3. The number of hydrogen-bond acceptors (Lipinski definition) is 4. The van der Waals surface area contributed by atoms with Crippen LogP contribution in [0.2, 0.25) is 0 Å². The molecule has 1 aromatic carbocycles. The van der Waals surface area contributed by atoms with E-state index in [1.54, 1.807) is 0 Å². The molecule has 78 valence electrons. The second-order valence-electron chi connectivity index (χ2n) is 2.85. The van der Waals surface area contributed by atoms with Gasteiger partial charge in [0.2, 0.25) is 0 Å². The molecule has 0 aliphatic rings. The number of aliphatic hydroxyl groups excluding tert-OH is 1. The summed E-state index contributed by atoms with van der Waals surface area (Å²) in [5, 5.41) is 27.6. The van der Waals surface area contributed by atoms with Gasteiger partial charge in [0, 0.05) is 6.07 Å². The average Bonchev–Trinajstić information content (AvgIpc) is 2.11. The molecule has 1 rings (SSSR count). The fraction of sp³-hybridized carbons (Fsp3) is 0.333. The van der Waals surface area contributed by atoms with Crippen LogP contribution in [0, 0.1) is 5.82 Å². The topological polar surface area (TPSA) is 69.9 Å². The molecular weight excluding hydrogens is 191 g/mol. The van der Waals surface area contributed by atoms with Gasteiger partial charge in [-0.05, 0) is 6.92 Å². The van der Waals surface area contributed by atoms with E-state index >= 15 is 0 Å². The Morgan fingerprint density at radius 3 is 2.43 bits per heavy atom. The highest BCUT2D eigenvalue weighted by Crippen LogP contribution is 2.39. The molecule has 0 radical (unpaired) electrons. The summed E-state index contributed by atoms with van der Waals surface area (Å²) in [6.07, 6.45) is -1.23. The van der Waals surface area contributed by atoms with Gasteiger partial charge in [-0.3, -0.25) is 0 Å². The van der Waals surface area contributed by atoms with Gasteiger partial charge in [0.25, 0.3) is 0 Å². The molecule has 0 spiro atoms.